The number of hydrogen-bond donors (Lipinski definition) is 0. The maximum atomic E-state index is 11.1. The molecule has 0 bridgehead atoms. The molecule has 0 saturated carbocycles. The highest BCUT2D eigenvalue weighted by Crippen LogP contribution is 2.09. The third kappa shape index (κ3) is 8.50. The Morgan fingerprint density at radius 1 is 1.24 bits per heavy atom. The first-order valence-electron chi connectivity index (χ1n) is 6.76. The lowest BCUT2D eigenvalue weighted by molar-refractivity contribution is -0.904. The van der Waals surface area contributed by atoms with Gasteiger partial charge in [-0.15, -0.1) is 0 Å². The minimum Gasteiger partial charge on any atom is -1.00 e. The molecule has 0 aromatic heterocycles. The number of nitrogens with zero attached hydrogens (tertiary/aromatic N) is 1. The van der Waals surface area contributed by atoms with Gasteiger partial charge >= 0.3 is 5.97 Å². The van der Waals surface area contributed by atoms with E-state index in [2.05, 4.69) is 49.8 Å². The van der Waals surface area contributed by atoms with E-state index in [1.807, 2.05) is 6.07 Å². The summed E-state index contributed by atoms with van der Waals surface area (Å²) in [5.41, 5.74) is 1.65. The van der Waals surface area contributed by atoms with Gasteiger partial charge in [-0.1, -0.05) is 36.9 Å². The van der Waals surface area contributed by atoms with Gasteiger partial charge in [-0.2, -0.15) is 4.89 Å². The van der Waals surface area contributed by atoms with Crippen molar-refractivity contribution in [2.45, 2.75) is 19.9 Å². The quantitative estimate of drug-likeness (QED) is 0.217. The van der Waals surface area contributed by atoms with Gasteiger partial charge in [0, 0.05) is 17.6 Å². The monoisotopic (exact) mass is 313 g/mol. The fourth-order valence-electron chi connectivity index (χ4n) is 1.87. The van der Waals surface area contributed by atoms with Crippen LogP contribution in [0, 0.1) is 0 Å². The summed E-state index contributed by atoms with van der Waals surface area (Å²) in [6.45, 7) is 7.38. The maximum Gasteiger partial charge on any atom is 0.368 e. The Kier molecular flexibility index (Phi) is 8.93. The van der Waals surface area contributed by atoms with E-state index in [0.717, 1.165) is 24.0 Å². The van der Waals surface area contributed by atoms with Gasteiger partial charge in [0.2, 0.25) is 0 Å². The van der Waals surface area contributed by atoms with Gasteiger partial charge < -0.3 is 16.9 Å². The molecule has 0 saturated heterocycles. The Balaban J connectivity index is 0.00000400. The number of halogens is 1. The zero-order valence-electron chi connectivity index (χ0n) is 13.0. The molecule has 0 heterocycles. The lowest BCUT2D eigenvalue weighted by Crippen LogP contribution is -3.00. The predicted molar refractivity (Wildman–Crippen MR) is 78.6 cm³/mol. The summed E-state index contributed by atoms with van der Waals surface area (Å²) in [7, 11) is 4.35. The van der Waals surface area contributed by atoms with Crippen LogP contribution in [0.4, 0.5) is 0 Å². The normalized spacial score (nSPS) is 10.6. The number of carbonyl (C=O) groups excluding carboxylic acids is 1. The number of rotatable bonds is 8. The van der Waals surface area contributed by atoms with Crippen molar-refractivity contribution in [3.63, 3.8) is 0 Å². The van der Waals surface area contributed by atoms with Gasteiger partial charge in [0.1, 0.15) is 6.54 Å². The molecule has 0 unspecified atom stereocenters. The van der Waals surface area contributed by atoms with Crippen molar-refractivity contribution in [1.29, 1.82) is 0 Å². The van der Waals surface area contributed by atoms with E-state index < -0.39 is 5.97 Å². The predicted octanol–water partition coefficient (Wildman–Crippen LogP) is -0.292. The van der Waals surface area contributed by atoms with Crippen LogP contribution in [-0.4, -0.2) is 37.7 Å². The SMILES string of the molecule is C=C(C)C(=O)OOCCC[N+](C)(C)Cc1ccccc1.[Cl-]. The fourth-order valence-corrected chi connectivity index (χ4v) is 1.87. The van der Waals surface area contributed by atoms with E-state index in [9.17, 15) is 4.79 Å². The smallest absolute Gasteiger partial charge is 0.368 e. The summed E-state index contributed by atoms with van der Waals surface area (Å²) in [6, 6.07) is 10.4. The second-order valence-electron chi connectivity index (χ2n) is 5.63. The highest BCUT2D eigenvalue weighted by atomic mass is 35.5. The molecule has 0 amide bonds. The zero-order chi connectivity index (χ0) is 15.0. The molecule has 0 aliphatic carbocycles. The molecule has 1 rings (SSSR count). The Morgan fingerprint density at radius 2 is 1.86 bits per heavy atom. The van der Waals surface area contributed by atoms with Crippen molar-refractivity contribution >= 4 is 5.97 Å². The molecule has 118 valence electrons. The van der Waals surface area contributed by atoms with Crippen molar-refractivity contribution in [1.82, 2.24) is 0 Å². The Hall–Kier alpha value is -1.36. The number of hydrogen-bond acceptors (Lipinski definition) is 3. The van der Waals surface area contributed by atoms with Crippen molar-refractivity contribution in [2.75, 3.05) is 27.2 Å². The molecule has 21 heavy (non-hydrogen) atoms. The molecule has 4 nitrogen and oxygen atoms in total. The van der Waals surface area contributed by atoms with Crippen molar-refractivity contribution in [3.8, 4) is 0 Å². The molecule has 5 heteroatoms. The average molecular weight is 314 g/mol. The van der Waals surface area contributed by atoms with Gasteiger partial charge in [-0.3, -0.25) is 4.89 Å². The molecule has 0 aliphatic heterocycles. The maximum absolute atomic E-state index is 11.1. The summed E-state index contributed by atoms with van der Waals surface area (Å²) in [5.74, 6) is -0.511. The summed E-state index contributed by atoms with van der Waals surface area (Å²) < 4.78 is 0.863. The lowest BCUT2D eigenvalue weighted by Gasteiger charge is -2.29. The lowest BCUT2D eigenvalue weighted by atomic mass is 10.2. The molecule has 0 atom stereocenters. The van der Waals surface area contributed by atoms with Crippen molar-refractivity contribution in [2.24, 2.45) is 0 Å². The van der Waals surface area contributed by atoms with E-state index in [1.54, 1.807) is 6.92 Å². The first-order chi connectivity index (χ1) is 9.41. The van der Waals surface area contributed by atoms with Gasteiger partial charge in [0.15, 0.2) is 0 Å². The van der Waals surface area contributed by atoms with Crippen LogP contribution in [-0.2, 0) is 21.1 Å². The number of quaternary nitrogens is 1. The van der Waals surface area contributed by atoms with Gasteiger partial charge in [0.05, 0.1) is 27.2 Å². The Labute approximate surface area is 133 Å². The van der Waals surface area contributed by atoms with E-state index in [1.165, 1.54) is 5.56 Å². The second-order valence-corrected chi connectivity index (χ2v) is 5.63. The summed E-state index contributed by atoms with van der Waals surface area (Å²) in [4.78, 5) is 20.6. The van der Waals surface area contributed by atoms with Crippen LogP contribution in [0.1, 0.15) is 18.9 Å². The van der Waals surface area contributed by atoms with E-state index in [4.69, 9.17) is 4.89 Å². The van der Waals surface area contributed by atoms with E-state index in [-0.39, 0.29) is 12.4 Å². The van der Waals surface area contributed by atoms with Crippen LogP contribution in [0.3, 0.4) is 0 Å². The largest absolute Gasteiger partial charge is 1.00 e. The number of carbonyl (C=O) groups is 1. The minimum absolute atomic E-state index is 0. The van der Waals surface area contributed by atoms with Crippen LogP contribution < -0.4 is 12.4 Å². The standard InChI is InChI=1S/C16H24NO3.ClH/c1-14(2)16(18)20-19-12-8-11-17(3,4)13-15-9-6-5-7-10-15;/h5-7,9-10H,1,8,11-13H2,2-4H3;1H/q+1;/p-1. The van der Waals surface area contributed by atoms with Crippen LogP contribution in [0.2, 0.25) is 0 Å². The van der Waals surface area contributed by atoms with Crippen LogP contribution >= 0.6 is 0 Å². The minimum atomic E-state index is -0.511. The molecular weight excluding hydrogens is 290 g/mol. The van der Waals surface area contributed by atoms with Gasteiger partial charge in [-0.25, -0.2) is 4.79 Å². The summed E-state index contributed by atoms with van der Waals surface area (Å²) >= 11 is 0. The van der Waals surface area contributed by atoms with Crippen LogP contribution in [0.15, 0.2) is 42.5 Å². The van der Waals surface area contributed by atoms with Crippen molar-refractivity contribution < 1.29 is 31.5 Å². The highest BCUT2D eigenvalue weighted by molar-refractivity contribution is 5.86. The fraction of sp³-hybridized carbons (Fsp3) is 0.438. The third-order valence-corrected chi connectivity index (χ3v) is 2.93. The first kappa shape index (κ1) is 19.6. The molecule has 0 N–H and O–H groups in total. The topological polar surface area (TPSA) is 35.5 Å². The highest BCUT2D eigenvalue weighted by Gasteiger charge is 2.15. The second kappa shape index (κ2) is 9.55. The van der Waals surface area contributed by atoms with Gasteiger partial charge in [-0.05, 0) is 6.92 Å². The van der Waals surface area contributed by atoms with Crippen LogP contribution in [0.5, 0.6) is 0 Å². The van der Waals surface area contributed by atoms with Gasteiger partial charge in [0.25, 0.3) is 0 Å². The first-order valence-corrected chi connectivity index (χ1v) is 6.76. The molecule has 0 aliphatic rings. The van der Waals surface area contributed by atoms with Crippen LogP contribution in [0.25, 0.3) is 0 Å². The molecule has 1 aromatic rings. The zero-order valence-corrected chi connectivity index (χ0v) is 13.7. The van der Waals surface area contributed by atoms with E-state index >= 15 is 0 Å². The Bertz CT molecular complexity index is 446. The molecule has 1 aromatic carbocycles. The Morgan fingerprint density at radius 3 is 2.43 bits per heavy atom. The van der Waals surface area contributed by atoms with Crippen molar-refractivity contribution in [3.05, 3.63) is 48.0 Å². The summed E-state index contributed by atoms with van der Waals surface area (Å²) in [5, 5.41) is 0. The number of benzene rings is 1. The van der Waals surface area contributed by atoms with E-state index in [0.29, 0.717) is 12.2 Å². The molecular formula is C16H24ClNO3. The third-order valence-electron chi connectivity index (χ3n) is 2.93. The molecule has 0 fully saturated rings. The average Bonchev–Trinajstić information content (AvgIpc) is 2.38. The molecule has 0 spiro atoms. The summed E-state index contributed by atoms with van der Waals surface area (Å²) in [6.07, 6.45) is 0.823. The molecule has 0 radical (unpaired) electrons.